The number of aryl methyl sites for hydroxylation is 1. The van der Waals surface area contributed by atoms with E-state index in [-0.39, 0.29) is 18.4 Å². The van der Waals surface area contributed by atoms with E-state index in [0.717, 1.165) is 62.3 Å². The van der Waals surface area contributed by atoms with E-state index >= 15 is 0 Å². The van der Waals surface area contributed by atoms with Gasteiger partial charge in [0.05, 0.1) is 11.1 Å². The highest BCUT2D eigenvalue weighted by molar-refractivity contribution is 5.97. The lowest BCUT2D eigenvalue weighted by molar-refractivity contribution is -0.128. The summed E-state index contributed by atoms with van der Waals surface area (Å²) in [6.07, 6.45) is 3.39. The first-order chi connectivity index (χ1) is 18.2. The maximum absolute atomic E-state index is 13.6. The highest BCUT2D eigenvalue weighted by atomic mass is 16.5. The molecule has 3 aromatic rings. The molecule has 0 saturated carbocycles. The van der Waals surface area contributed by atoms with Gasteiger partial charge in [-0.2, -0.15) is 0 Å². The van der Waals surface area contributed by atoms with Crippen LogP contribution in [0, 0.1) is 0 Å². The van der Waals surface area contributed by atoms with Crippen molar-refractivity contribution >= 4 is 17.5 Å². The molecule has 1 saturated heterocycles. The van der Waals surface area contributed by atoms with Crippen molar-refractivity contribution in [3.8, 4) is 5.75 Å². The number of nitrogens with zero attached hydrogens (tertiary/aromatic N) is 2. The van der Waals surface area contributed by atoms with Crippen molar-refractivity contribution in [1.29, 1.82) is 0 Å². The average molecular weight is 498 g/mol. The lowest BCUT2D eigenvalue weighted by atomic mass is 9.72. The molecule has 0 aromatic heterocycles. The molecule has 2 aliphatic rings. The summed E-state index contributed by atoms with van der Waals surface area (Å²) in [5, 5.41) is 3.25. The Kier molecular flexibility index (Phi) is 7.85. The minimum absolute atomic E-state index is 0.00998. The minimum Gasteiger partial charge on any atom is -0.482 e. The van der Waals surface area contributed by atoms with Crippen LogP contribution in [-0.2, 0) is 21.4 Å². The van der Waals surface area contributed by atoms with Gasteiger partial charge in [0.2, 0.25) is 5.91 Å². The number of benzene rings is 3. The van der Waals surface area contributed by atoms with Gasteiger partial charge in [-0.3, -0.25) is 9.59 Å². The van der Waals surface area contributed by atoms with Gasteiger partial charge < -0.3 is 19.9 Å². The zero-order valence-corrected chi connectivity index (χ0v) is 21.3. The van der Waals surface area contributed by atoms with Crippen molar-refractivity contribution in [2.24, 2.45) is 0 Å². The Hall–Kier alpha value is -3.64. The van der Waals surface area contributed by atoms with Gasteiger partial charge in [0.15, 0.2) is 6.61 Å². The average Bonchev–Trinajstić information content (AvgIpc) is 2.96. The second-order valence-electron chi connectivity index (χ2n) is 9.94. The first-order valence-electron chi connectivity index (χ1n) is 13.3. The van der Waals surface area contributed by atoms with Gasteiger partial charge in [-0.25, -0.2) is 0 Å². The fourth-order valence-corrected chi connectivity index (χ4v) is 5.51. The monoisotopic (exact) mass is 497 g/mol. The van der Waals surface area contributed by atoms with Crippen LogP contribution in [0.25, 0.3) is 0 Å². The van der Waals surface area contributed by atoms with Crippen molar-refractivity contribution in [1.82, 2.24) is 10.2 Å². The lowest BCUT2D eigenvalue weighted by Gasteiger charge is -2.41. The van der Waals surface area contributed by atoms with E-state index in [4.69, 9.17) is 4.74 Å². The minimum atomic E-state index is -0.522. The van der Waals surface area contributed by atoms with Crippen LogP contribution in [0.1, 0.15) is 30.4 Å². The van der Waals surface area contributed by atoms with Gasteiger partial charge in [0.25, 0.3) is 5.91 Å². The number of rotatable bonds is 9. The fourth-order valence-electron chi connectivity index (χ4n) is 5.51. The number of para-hydroxylation sites is 2. The first kappa shape index (κ1) is 25.0. The lowest BCUT2D eigenvalue weighted by Crippen LogP contribution is -2.53. The van der Waals surface area contributed by atoms with Gasteiger partial charge in [-0.15, -0.1) is 0 Å². The molecular weight excluding hydrogens is 462 g/mol. The van der Waals surface area contributed by atoms with E-state index in [1.807, 2.05) is 53.4 Å². The molecule has 0 radical (unpaired) electrons. The Morgan fingerprint density at radius 1 is 0.865 bits per heavy atom. The Bertz CT molecular complexity index is 1190. The molecule has 37 heavy (non-hydrogen) atoms. The summed E-state index contributed by atoms with van der Waals surface area (Å²) >= 11 is 0. The van der Waals surface area contributed by atoms with Gasteiger partial charge >= 0.3 is 0 Å². The third kappa shape index (κ3) is 5.70. The SMILES string of the molecule is O=C1COc2ccccc2N1CCN1CCC(C(=O)NCCCc2ccccc2)(c2ccccc2)CC1. The number of ether oxygens (including phenoxy) is 1. The molecule has 0 aliphatic carbocycles. The van der Waals surface area contributed by atoms with Crippen LogP contribution in [0.2, 0.25) is 0 Å². The third-order valence-corrected chi connectivity index (χ3v) is 7.69. The highest BCUT2D eigenvalue weighted by Gasteiger charge is 2.42. The van der Waals surface area contributed by atoms with Crippen molar-refractivity contribution in [3.05, 3.63) is 96.1 Å². The number of hydrogen-bond donors (Lipinski definition) is 1. The van der Waals surface area contributed by atoms with Crippen molar-refractivity contribution < 1.29 is 14.3 Å². The standard InChI is InChI=1S/C31H35N3O3/c35-29-24-37-28-16-8-7-15-27(28)34(29)23-22-33-20-17-31(18-21-33,26-13-5-2-6-14-26)30(36)32-19-9-12-25-10-3-1-4-11-25/h1-8,10-11,13-16H,9,12,17-24H2,(H,32,36). The Labute approximate surface area is 219 Å². The maximum Gasteiger partial charge on any atom is 0.265 e. The van der Waals surface area contributed by atoms with E-state index in [1.165, 1.54) is 5.56 Å². The number of amides is 2. The van der Waals surface area contributed by atoms with Gasteiger partial charge in [0, 0.05) is 19.6 Å². The second kappa shape index (κ2) is 11.6. The van der Waals surface area contributed by atoms with E-state index < -0.39 is 5.41 Å². The van der Waals surface area contributed by atoms with Gasteiger partial charge in [-0.1, -0.05) is 72.8 Å². The van der Waals surface area contributed by atoms with Gasteiger partial charge in [-0.05, 0) is 62.0 Å². The molecule has 2 heterocycles. The van der Waals surface area contributed by atoms with Crippen LogP contribution < -0.4 is 15.0 Å². The molecule has 6 nitrogen and oxygen atoms in total. The number of fused-ring (bicyclic) bond motifs is 1. The highest BCUT2D eigenvalue weighted by Crippen LogP contribution is 2.36. The Morgan fingerprint density at radius 2 is 1.54 bits per heavy atom. The van der Waals surface area contributed by atoms with E-state index in [9.17, 15) is 9.59 Å². The molecule has 192 valence electrons. The van der Waals surface area contributed by atoms with Crippen LogP contribution in [0.4, 0.5) is 5.69 Å². The summed E-state index contributed by atoms with van der Waals surface area (Å²) in [7, 11) is 0. The summed E-state index contributed by atoms with van der Waals surface area (Å²) in [4.78, 5) is 30.4. The first-order valence-corrected chi connectivity index (χ1v) is 13.3. The molecule has 0 bridgehead atoms. The van der Waals surface area contributed by atoms with E-state index in [2.05, 4.69) is 46.6 Å². The maximum atomic E-state index is 13.6. The van der Waals surface area contributed by atoms with Crippen molar-refractivity contribution in [3.63, 3.8) is 0 Å². The second-order valence-corrected chi connectivity index (χ2v) is 9.94. The summed E-state index contributed by atoms with van der Waals surface area (Å²) in [5.74, 6) is 0.876. The van der Waals surface area contributed by atoms with E-state index in [0.29, 0.717) is 13.1 Å². The van der Waals surface area contributed by atoms with Crippen molar-refractivity contribution in [2.75, 3.05) is 44.2 Å². The number of nitrogens with one attached hydrogen (secondary N) is 1. The zero-order chi connectivity index (χ0) is 25.5. The molecule has 1 fully saturated rings. The number of carbonyl (C=O) groups excluding carboxylic acids is 2. The van der Waals surface area contributed by atoms with Crippen LogP contribution in [0.5, 0.6) is 5.75 Å². The molecule has 0 unspecified atom stereocenters. The normalized spacial score (nSPS) is 17.1. The number of likely N-dealkylation sites (tertiary alicyclic amines) is 1. The van der Waals surface area contributed by atoms with Crippen LogP contribution in [-0.4, -0.2) is 56.0 Å². The summed E-state index contributed by atoms with van der Waals surface area (Å²) in [6, 6.07) is 28.3. The molecule has 3 aromatic carbocycles. The topological polar surface area (TPSA) is 61.9 Å². The smallest absolute Gasteiger partial charge is 0.265 e. The molecule has 5 rings (SSSR count). The summed E-state index contributed by atoms with van der Waals surface area (Å²) in [6.45, 7) is 3.76. The van der Waals surface area contributed by atoms with Crippen LogP contribution in [0.3, 0.4) is 0 Å². The van der Waals surface area contributed by atoms with Crippen LogP contribution in [0.15, 0.2) is 84.9 Å². The predicted octanol–water partition coefficient (Wildman–Crippen LogP) is 4.19. The molecule has 2 amide bonds. The number of carbonyl (C=O) groups is 2. The molecule has 2 aliphatic heterocycles. The summed E-state index contributed by atoms with van der Waals surface area (Å²) < 4.78 is 5.58. The number of hydrogen-bond acceptors (Lipinski definition) is 4. The molecular formula is C31H35N3O3. The Morgan fingerprint density at radius 3 is 2.30 bits per heavy atom. The van der Waals surface area contributed by atoms with Gasteiger partial charge in [0.1, 0.15) is 5.75 Å². The summed E-state index contributed by atoms with van der Waals surface area (Å²) in [5.41, 5.74) is 2.70. The molecule has 6 heteroatoms. The largest absolute Gasteiger partial charge is 0.482 e. The zero-order valence-electron chi connectivity index (χ0n) is 21.3. The van der Waals surface area contributed by atoms with Crippen LogP contribution >= 0.6 is 0 Å². The molecule has 0 spiro atoms. The predicted molar refractivity (Wildman–Crippen MR) is 146 cm³/mol. The molecule has 1 N–H and O–H groups in total. The van der Waals surface area contributed by atoms with Crippen molar-refractivity contribution in [2.45, 2.75) is 31.1 Å². The molecule has 0 atom stereocenters. The van der Waals surface area contributed by atoms with E-state index in [1.54, 1.807) is 0 Å². The number of piperidine rings is 1. The number of anilines is 1. The fraction of sp³-hybridized carbons (Fsp3) is 0.355. The quantitative estimate of drug-likeness (QED) is 0.450. The third-order valence-electron chi connectivity index (χ3n) is 7.69. The Balaban J connectivity index is 1.19.